The van der Waals surface area contributed by atoms with Crippen LogP contribution in [0.2, 0.25) is 0 Å². The zero-order valence-electron chi connectivity index (χ0n) is 23.0. The Bertz CT molecular complexity index is 1550. The first kappa shape index (κ1) is 25.8. The van der Waals surface area contributed by atoms with E-state index in [1.54, 1.807) is 81.6 Å². The normalized spacial score (nSPS) is 22.1. The van der Waals surface area contributed by atoms with E-state index in [1.807, 2.05) is 24.3 Å². The molecule has 8 heteroatoms. The van der Waals surface area contributed by atoms with Gasteiger partial charge in [-0.2, -0.15) is 5.10 Å². The maximum absolute atomic E-state index is 14.7. The summed E-state index contributed by atoms with van der Waals surface area (Å²) in [6.45, 7) is 5.35. The van der Waals surface area contributed by atoms with Crippen molar-refractivity contribution in [2.45, 2.75) is 44.4 Å². The van der Waals surface area contributed by atoms with E-state index in [-0.39, 0.29) is 11.6 Å². The summed E-state index contributed by atoms with van der Waals surface area (Å²) in [7, 11) is 3.05. The molecule has 3 aliphatic rings. The van der Waals surface area contributed by atoms with Gasteiger partial charge in [0.1, 0.15) is 22.5 Å². The topological polar surface area (TPSA) is 94.5 Å². The minimum absolute atomic E-state index is 0.335. The number of hydrazone groups is 1. The maximum atomic E-state index is 14.7. The van der Waals surface area contributed by atoms with E-state index in [0.717, 1.165) is 11.1 Å². The molecule has 3 aromatic rings. The molecule has 1 saturated heterocycles. The van der Waals surface area contributed by atoms with Crippen LogP contribution in [0, 0.1) is 5.41 Å². The molecule has 0 N–H and O–H groups in total. The molecule has 0 unspecified atom stereocenters. The van der Waals surface area contributed by atoms with Crippen molar-refractivity contribution in [1.29, 1.82) is 0 Å². The minimum Gasteiger partial charge on any atom is -0.497 e. The van der Waals surface area contributed by atoms with Crippen LogP contribution >= 0.6 is 0 Å². The van der Waals surface area contributed by atoms with Gasteiger partial charge in [-0.3, -0.25) is 14.6 Å². The molecule has 1 aliphatic carbocycles. The molecule has 2 heterocycles. The third-order valence-corrected chi connectivity index (χ3v) is 8.00. The number of fused-ring (bicyclic) bond motifs is 5. The number of Topliss-reactive ketones (excluding diaryl/α,β-unsaturated/α-hetero) is 2. The van der Waals surface area contributed by atoms with E-state index >= 15 is 0 Å². The molecule has 6 rings (SSSR count). The first-order chi connectivity index (χ1) is 19.1. The third-order valence-electron chi connectivity index (χ3n) is 8.00. The Morgan fingerprint density at radius 3 is 2.15 bits per heavy atom. The van der Waals surface area contributed by atoms with Crippen molar-refractivity contribution in [2.75, 3.05) is 14.2 Å². The summed E-state index contributed by atoms with van der Waals surface area (Å²) in [5.74, 6) is -1.32. The van der Waals surface area contributed by atoms with Gasteiger partial charge in [0.05, 0.1) is 26.5 Å². The number of methoxy groups -OCH3 is 2. The average molecular weight is 539 g/mol. The lowest BCUT2D eigenvalue weighted by Crippen LogP contribution is -2.44. The fourth-order valence-electron chi connectivity index (χ4n) is 6.53. The summed E-state index contributed by atoms with van der Waals surface area (Å²) in [6, 6.07) is 17.6. The van der Waals surface area contributed by atoms with Crippen LogP contribution in [-0.2, 0) is 9.53 Å². The van der Waals surface area contributed by atoms with Gasteiger partial charge in [0.15, 0.2) is 17.6 Å². The predicted octanol–water partition coefficient (Wildman–Crippen LogP) is 4.97. The summed E-state index contributed by atoms with van der Waals surface area (Å²) in [5.41, 5.74) is 0.196. The second-order valence-electron chi connectivity index (χ2n) is 11.3. The second kappa shape index (κ2) is 9.05. The van der Waals surface area contributed by atoms with E-state index < -0.39 is 35.0 Å². The van der Waals surface area contributed by atoms with Gasteiger partial charge in [-0.1, -0.05) is 54.6 Å². The predicted molar refractivity (Wildman–Crippen MR) is 148 cm³/mol. The van der Waals surface area contributed by atoms with E-state index in [4.69, 9.17) is 19.3 Å². The van der Waals surface area contributed by atoms with Crippen molar-refractivity contribution in [2.24, 2.45) is 10.5 Å². The zero-order valence-corrected chi connectivity index (χ0v) is 23.0. The first-order valence-corrected chi connectivity index (χ1v) is 13.2. The average Bonchev–Trinajstić information content (AvgIpc) is 3.38. The van der Waals surface area contributed by atoms with Gasteiger partial charge in [0.2, 0.25) is 0 Å². The summed E-state index contributed by atoms with van der Waals surface area (Å²) >= 11 is 0. The molecule has 8 nitrogen and oxygen atoms in total. The molecule has 0 bridgehead atoms. The molecule has 204 valence electrons. The van der Waals surface area contributed by atoms with Crippen molar-refractivity contribution in [1.82, 2.24) is 5.01 Å². The minimum atomic E-state index is -1.71. The molecule has 0 saturated carbocycles. The summed E-state index contributed by atoms with van der Waals surface area (Å²) in [6.07, 6.45) is 1.67. The highest BCUT2D eigenvalue weighted by atomic mass is 16.6. The number of hydrogen-bond acceptors (Lipinski definition) is 8. The quantitative estimate of drug-likeness (QED) is 0.342. The van der Waals surface area contributed by atoms with Crippen molar-refractivity contribution in [3.63, 3.8) is 0 Å². The Balaban J connectivity index is 1.70. The Hall–Kier alpha value is -4.46. The fraction of sp³-hybridized carbons (Fsp3) is 0.312. The number of nitrogens with zero attached hydrogens (tertiary/aromatic N) is 2. The molecular formula is C32H30N2O6. The largest absolute Gasteiger partial charge is 0.497 e. The van der Waals surface area contributed by atoms with E-state index in [2.05, 4.69) is 0 Å². The molecule has 0 aromatic heterocycles. The van der Waals surface area contributed by atoms with Crippen molar-refractivity contribution < 1.29 is 28.6 Å². The van der Waals surface area contributed by atoms with Crippen molar-refractivity contribution >= 4 is 23.8 Å². The van der Waals surface area contributed by atoms with Crippen LogP contribution in [-0.4, -0.2) is 54.6 Å². The first-order valence-electron chi connectivity index (χ1n) is 13.2. The molecule has 2 aliphatic heterocycles. The summed E-state index contributed by atoms with van der Waals surface area (Å²) in [4.78, 5) is 43.6. The van der Waals surface area contributed by atoms with E-state index in [0.29, 0.717) is 28.2 Å². The van der Waals surface area contributed by atoms with Crippen LogP contribution in [0.4, 0.5) is 0 Å². The molecule has 3 aromatic carbocycles. The highest BCUT2D eigenvalue weighted by Crippen LogP contribution is 2.65. The number of ketones is 2. The maximum Gasteiger partial charge on any atom is 0.331 e. The van der Waals surface area contributed by atoms with Crippen LogP contribution in [0.1, 0.15) is 70.1 Å². The van der Waals surface area contributed by atoms with Gasteiger partial charge >= 0.3 is 5.97 Å². The number of esters is 1. The second-order valence-corrected chi connectivity index (χ2v) is 11.3. The monoisotopic (exact) mass is 538 g/mol. The van der Waals surface area contributed by atoms with Crippen LogP contribution in [0.15, 0.2) is 71.8 Å². The van der Waals surface area contributed by atoms with E-state index in [1.165, 1.54) is 7.11 Å². The van der Waals surface area contributed by atoms with Crippen molar-refractivity contribution in [3.8, 4) is 11.5 Å². The number of rotatable bonds is 4. The SMILES string of the molecule is COc1ccc([C@H]2[C@H](C(=O)OC(C)(C)C)N3N=Cc4ccccc4[C@@H]3C23C(=O)c2ccccc2C3=O)c(OC)c1. The lowest BCUT2D eigenvalue weighted by atomic mass is 9.63. The smallest absolute Gasteiger partial charge is 0.331 e. The molecule has 3 atom stereocenters. The lowest BCUT2D eigenvalue weighted by molar-refractivity contribution is -0.161. The third kappa shape index (κ3) is 3.51. The Kier molecular flexibility index (Phi) is 5.83. The highest BCUT2D eigenvalue weighted by Gasteiger charge is 2.73. The van der Waals surface area contributed by atoms with Crippen LogP contribution in [0.3, 0.4) is 0 Å². The van der Waals surface area contributed by atoms with Gasteiger partial charge in [-0.05, 0) is 38.0 Å². The van der Waals surface area contributed by atoms with Crippen LogP contribution in [0.5, 0.6) is 11.5 Å². The van der Waals surface area contributed by atoms with Gasteiger partial charge in [-0.25, -0.2) is 4.79 Å². The molecule has 1 fully saturated rings. The number of benzene rings is 3. The Morgan fingerprint density at radius 1 is 0.875 bits per heavy atom. The van der Waals surface area contributed by atoms with Gasteiger partial charge in [0, 0.05) is 28.7 Å². The lowest BCUT2D eigenvalue weighted by Gasteiger charge is -2.36. The molecule has 1 spiro atoms. The van der Waals surface area contributed by atoms with E-state index in [9.17, 15) is 14.4 Å². The van der Waals surface area contributed by atoms with Crippen LogP contribution in [0.25, 0.3) is 0 Å². The fourth-order valence-corrected chi connectivity index (χ4v) is 6.53. The van der Waals surface area contributed by atoms with Crippen molar-refractivity contribution in [3.05, 3.63) is 94.5 Å². The number of hydrogen-bond donors (Lipinski definition) is 0. The number of carbonyl (C=O) groups is 3. The Morgan fingerprint density at radius 2 is 1.52 bits per heavy atom. The number of carbonyl (C=O) groups excluding carboxylic acids is 3. The zero-order chi connectivity index (χ0) is 28.4. The summed E-state index contributed by atoms with van der Waals surface area (Å²) < 4.78 is 17.2. The standard InChI is InChI=1S/C32H30N2O6/c1-31(2,3)40-30(37)26-25(23-15-14-19(38-4)16-24(23)39-5)32(28(35)21-12-8-9-13-22(21)29(32)36)27-20-11-7-6-10-18(20)17-33-34(26)27/h6-17,25-27H,1-5H3/t25-,26+,27+/m0/s1. The molecular weight excluding hydrogens is 508 g/mol. The van der Waals surface area contributed by atoms with Crippen LogP contribution < -0.4 is 9.47 Å². The van der Waals surface area contributed by atoms with Gasteiger partial charge < -0.3 is 14.2 Å². The molecule has 0 radical (unpaired) electrons. The number of ether oxygens (including phenoxy) is 3. The summed E-state index contributed by atoms with van der Waals surface area (Å²) in [5, 5.41) is 6.32. The van der Waals surface area contributed by atoms with Gasteiger partial charge in [0.25, 0.3) is 0 Å². The highest BCUT2D eigenvalue weighted by molar-refractivity contribution is 6.31. The molecule has 40 heavy (non-hydrogen) atoms. The Labute approximate surface area is 232 Å². The van der Waals surface area contributed by atoms with Gasteiger partial charge in [-0.15, -0.1) is 0 Å². The molecule has 0 amide bonds.